The standard InChI is InChI=1S/C69H46N2S/c1-5-17-47(18-6-1)48-29-37-57(38-30-48)71(55-23-11-4-12-24-55)58-41-33-50(34-42-58)52-36-44-61-65(46-52)69(67-62-26-14-16-28-66(62)72-68(61)67)63-27-15-13-25-59(63)60-43-35-51(45-64(60)69)49-31-39-56(40-32-49)70(53-19-7-2-8-20-53)54-21-9-3-10-22-54/h1-46H. The second-order valence-corrected chi connectivity index (χ2v) is 19.9. The van der Waals surface area contributed by atoms with E-state index < -0.39 is 5.41 Å². The summed E-state index contributed by atoms with van der Waals surface area (Å²) >= 11 is 1.93. The smallest absolute Gasteiger partial charge is 0.0740 e. The first-order valence-electron chi connectivity index (χ1n) is 24.7. The number of thiophene rings is 1. The third-order valence-corrected chi connectivity index (χ3v) is 16.1. The van der Waals surface area contributed by atoms with Gasteiger partial charge in [0.05, 0.1) is 5.41 Å². The summed E-state index contributed by atoms with van der Waals surface area (Å²) in [6.07, 6.45) is 0. The molecular weight excluding hydrogens is 889 g/mol. The Balaban J connectivity index is 0.890. The van der Waals surface area contributed by atoms with E-state index in [9.17, 15) is 0 Å². The van der Waals surface area contributed by atoms with Crippen LogP contribution >= 0.6 is 11.3 Å². The van der Waals surface area contributed by atoms with Gasteiger partial charge in [0.25, 0.3) is 0 Å². The van der Waals surface area contributed by atoms with Crippen molar-refractivity contribution in [3.05, 3.63) is 301 Å². The highest BCUT2D eigenvalue weighted by Gasteiger charge is 2.53. The van der Waals surface area contributed by atoms with Gasteiger partial charge in [-0.3, -0.25) is 0 Å². The van der Waals surface area contributed by atoms with E-state index in [0.29, 0.717) is 0 Å². The molecule has 0 N–H and O–H groups in total. The maximum absolute atomic E-state index is 2.51. The van der Waals surface area contributed by atoms with E-state index in [1.54, 1.807) is 0 Å². The zero-order valence-electron chi connectivity index (χ0n) is 39.4. The molecule has 72 heavy (non-hydrogen) atoms. The van der Waals surface area contributed by atoms with E-state index in [1.165, 1.54) is 87.3 Å². The zero-order valence-corrected chi connectivity index (χ0v) is 40.2. The molecule has 0 radical (unpaired) electrons. The van der Waals surface area contributed by atoms with Gasteiger partial charge in [0.15, 0.2) is 0 Å². The number of nitrogens with zero attached hydrogens (tertiary/aromatic N) is 2. The molecular formula is C69H46N2S. The summed E-state index contributed by atoms with van der Waals surface area (Å²) in [6.45, 7) is 0. The monoisotopic (exact) mass is 934 g/mol. The largest absolute Gasteiger partial charge is 0.311 e. The Morgan fingerprint density at radius 1 is 0.264 bits per heavy atom. The zero-order chi connectivity index (χ0) is 47.6. The van der Waals surface area contributed by atoms with Crippen LogP contribution in [0.2, 0.25) is 0 Å². The van der Waals surface area contributed by atoms with Crippen LogP contribution in [0.4, 0.5) is 34.1 Å². The molecule has 1 unspecified atom stereocenters. The fourth-order valence-electron chi connectivity index (χ4n) is 11.7. The van der Waals surface area contributed by atoms with Crippen LogP contribution in [0.3, 0.4) is 0 Å². The molecule has 0 amide bonds. The van der Waals surface area contributed by atoms with Gasteiger partial charge in [-0.2, -0.15) is 0 Å². The highest BCUT2D eigenvalue weighted by molar-refractivity contribution is 7.22. The predicted octanol–water partition coefficient (Wildman–Crippen LogP) is 19.2. The van der Waals surface area contributed by atoms with Crippen molar-refractivity contribution in [1.82, 2.24) is 0 Å². The summed E-state index contributed by atoms with van der Waals surface area (Å²) in [4.78, 5) is 6.04. The van der Waals surface area contributed by atoms with Crippen molar-refractivity contribution >= 4 is 55.5 Å². The third kappa shape index (κ3) is 6.70. The molecule has 0 aliphatic heterocycles. The Kier molecular flexibility index (Phi) is 9.97. The fourth-order valence-corrected chi connectivity index (χ4v) is 13.0. The van der Waals surface area contributed by atoms with Crippen molar-refractivity contribution in [3.8, 4) is 54.9 Å². The van der Waals surface area contributed by atoms with Crippen LogP contribution in [0.15, 0.2) is 279 Å². The lowest BCUT2D eigenvalue weighted by Crippen LogP contribution is -2.26. The molecule has 2 aliphatic carbocycles. The molecule has 0 saturated heterocycles. The lowest BCUT2D eigenvalue weighted by Gasteiger charge is -2.31. The maximum Gasteiger partial charge on any atom is 0.0740 e. The van der Waals surface area contributed by atoms with E-state index >= 15 is 0 Å². The van der Waals surface area contributed by atoms with Gasteiger partial charge in [0.2, 0.25) is 0 Å². The van der Waals surface area contributed by atoms with Gasteiger partial charge in [-0.25, -0.2) is 0 Å². The van der Waals surface area contributed by atoms with Gasteiger partial charge in [-0.15, -0.1) is 11.3 Å². The molecule has 0 bridgehead atoms. The number of fused-ring (bicyclic) bond motifs is 12. The van der Waals surface area contributed by atoms with E-state index in [1.807, 2.05) is 11.3 Å². The van der Waals surface area contributed by atoms with Gasteiger partial charge in [-0.1, -0.05) is 188 Å². The van der Waals surface area contributed by atoms with Gasteiger partial charge in [0.1, 0.15) is 0 Å². The number of para-hydroxylation sites is 3. The van der Waals surface area contributed by atoms with Crippen molar-refractivity contribution < 1.29 is 0 Å². The van der Waals surface area contributed by atoms with Crippen molar-refractivity contribution in [2.45, 2.75) is 5.41 Å². The second kappa shape index (κ2) is 17.1. The Morgan fingerprint density at radius 3 is 1.15 bits per heavy atom. The van der Waals surface area contributed by atoms with Gasteiger partial charge in [0, 0.05) is 43.7 Å². The molecule has 1 aromatic heterocycles. The first kappa shape index (κ1) is 41.9. The van der Waals surface area contributed by atoms with Gasteiger partial charge in [-0.05, 0) is 169 Å². The van der Waals surface area contributed by atoms with Crippen LogP contribution in [-0.2, 0) is 5.41 Å². The minimum absolute atomic E-state index is 0.518. The summed E-state index contributed by atoms with van der Waals surface area (Å²) in [5.74, 6) is 0. The number of hydrogen-bond acceptors (Lipinski definition) is 3. The van der Waals surface area contributed by atoms with Crippen LogP contribution in [0, 0.1) is 0 Å². The summed E-state index contributed by atoms with van der Waals surface area (Å²) in [6, 6.07) is 102. The van der Waals surface area contributed by atoms with Gasteiger partial charge >= 0.3 is 0 Å². The van der Waals surface area contributed by atoms with Crippen LogP contribution in [0.25, 0.3) is 65.0 Å². The SMILES string of the molecule is c1ccc(-c2ccc(N(c3ccccc3)c3ccc(-c4ccc5c(c4)C4(c6ccccc6-c6ccc(-c7ccc(N(c8ccccc8)c8ccccc8)cc7)cc64)c4c-5sc5ccccc45)cc3)cc2)cc1. The highest BCUT2D eigenvalue weighted by atomic mass is 32.1. The first-order chi connectivity index (χ1) is 35.7. The topological polar surface area (TPSA) is 6.48 Å². The maximum atomic E-state index is 2.51. The molecule has 1 spiro atoms. The number of hydrogen-bond donors (Lipinski definition) is 0. The van der Waals surface area contributed by atoms with Crippen molar-refractivity contribution in [1.29, 1.82) is 0 Å². The third-order valence-electron chi connectivity index (χ3n) is 14.9. The fraction of sp³-hybridized carbons (Fsp3) is 0.0145. The average molecular weight is 935 g/mol. The van der Waals surface area contributed by atoms with E-state index in [0.717, 1.165) is 34.1 Å². The van der Waals surface area contributed by atoms with Crippen molar-refractivity contribution in [2.75, 3.05) is 9.80 Å². The number of rotatable bonds is 9. The molecule has 1 atom stereocenters. The molecule has 0 saturated carbocycles. The second-order valence-electron chi connectivity index (χ2n) is 18.8. The molecule has 12 aromatic rings. The van der Waals surface area contributed by atoms with Crippen LogP contribution in [0.5, 0.6) is 0 Å². The van der Waals surface area contributed by atoms with Crippen LogP contribution in [0.1, 0.15) is 22.3 Å². The molecule has 2 aliphatic rings. The minimum Gasteiger partial charge on any atom is -0.311 e. The number of benzene rings is 11. The molecule has 2 nitrogen and oxygen atoms in total. The molecule has 14 rings (SSSR count). The van der Waals surface area contributed by atoms with E-state index in [-0.39, 0.29) is 0 Å². The lowest BCUT2D eigenvalue weighted by atomic mass is 9.69. The summed E-state index contributed by atoms with van der Waals surface area (Å²) in [5.41, 5.74) is 22.7. The average Bonchev–Trinajstić information content (AvgIpc) is 4.08. The summed E-state index contributed by atoms with van der Waals surface area (Å²) in [5, 5.41) is 1.33. The Bertz CT molecular complexity index is 3900. The Labute approximate surface area is 424 Å². The van der Waals surface area contributed by atoms with Crippen molar-refractivity contribution in [3.63, 3.8) is 0 Å². The minimum atomic E-state index is -0.518. The van der Waals surface area contributed by atoms with E-state index in [4.69, 9.17) is 0 Å². The normalized spacial score (nSPS) is 13.9. The van der Waals surface area contributed by atoms with Gasteiger partial charge < -0.3 is 9.80 Å². The van der Waals surface area contributed by atoms with E-state index in [2.05, 4.69) is 289 Å². The predicted molar refractivity (Wildman–Crippen MR) is 304 cm³/mol. The first-order valence-corrected chi connectivity index (χ1v) is 25.6. The molecule has 1 heterocycles. The Hall–Kier alpha value is -9.02. The highest BCUT2D eigenvalue weighted by Crippen LogP contribution is 2.66. The Morgan fingerprint density at radius 2 is 0.625 bits per heavy atom. The lowest BCUT2D eigenvalue weighted by molar-refractivity contribution is 0.803. The summed E-state index contributed by atoms with van der Waals surface area (Å²) in [7, 11) is 0. The quantitative estimate of drug-likeness (QED) is 0.142. The van der Waals surface area contributed by atoms with Crippen LogP contribution < -0.4 is 9.80 Å². The van der Waals surface area contributed by atoms with Crippen molar-refractivity contribution in [2.24, 2.45) is 0 Å². The molecule has 0 fully saturated rings. The molecule has 11 aromatic carbocycles. The number of anilines is 6. The molecule has 3 heteroatoms. The summed E-state index contributed by atoms with van der Waals surface area (Å²) < 4.78 is 1.32. The molecule has 338 valence electrons. The van der Waals surface area contributed by atoms with Crippen LogP contribution in [-0.4, -0.2) is 0 Å².